The molecule has 0 aromatic heterocycles. The van der Waals surface area contributed by atoms with E-state index in [1.54, 1.807) is 0 Å². The van der Waals surface area contributed by atoms with E-state index < -0.39 is 297 Å². The lowest BCUT2D eigenvalue weighted by atomic mass is 9.93. The molecule has 534 valence electrons. The maximum Gasteiger partial charge on any atom is 0.217 e. The maximum atomic E-state index is 13.0. The van der Waals surface area contributed by atoms with Gasteiger partial charge in [0.1, 0.15) is 183 Å². The molecule has 8 aliphatic rings. The lowest BCUT2D eigenvalue weighted by Crippen LogP contribution is -2.71. The monoisotopic (exact) mass is 1350 g/mol. The van der Waals surface area contributed by atoms with Gasteiger partial charge in [-0.05, 0) is 6.92 Å². The Kier molecular flexibility index (Phi) is 26.5. The van der Waals surface area contributed by atoms with Crippen molar-refractivity contribution in [3.05, 3.63) is 0 Å². The van der Waals surface area contributed by atoms with Gasteiger partial charge in [-0.25, -0.2) is 0 Å². The zero-order valence-corrected chi connectivity index (χ0v) is 49.2. The van der Waals surface area contributed by atoms with Crippen LogP contribution in [0.25, 0.3) is 0 Å². The van der Waals surface area contributed by atoms with Crippen molar-refractivity contribution in [2.75, 3.05) is 46.2 Å². The highest BCUT2D eigenvalue weighted by molar-refractivity contribution is 5.73. The van der Waals surface area contributed by atoms with E-state index in [4.69, 9.17) is 71.1 Å². The van der Waals surface area contributed by atoms with E-state index in [0.717, 1.165) is 13.8 Å². The Morgan fingerprint density at radius 2 is 0.761 bits per heavy atom. The molecule has 0 aliphatic carbocycles. The molecule has 8 rings (SSSR count). The SMILES string of the molecule is CC(=O)N[C@@H]1[C@@H](O[C@@H]2O[C@@H](C)[C@@H](O)[C@@H](O)[C@@H]2O)[C@H](O[C@@H]2O[C@H](CO)[C@@H](O[C@@H]3O[C@H](CO[C@H]4O[C@H](CO[C@H]5O[C@H](CO)[C@@H](O)[C@H](O)[C@@H]5O)[C@@H](O)[C@H](O[C@H]5O[C@H](CO)[C@@H](O)[C@H](O)[C@@H]5O)[C@@H]4O)[C@@H](O)[C@H](O)[C@@H]3O[C@@H]3OC[C@@H](O)[C@H](O)[C@H]3O)[C@H](O)[C@H]2NC(C)=O)[C@@H](CO)O[C@H]1O. The Balaban J connectivity index is 1.07. The van der Waals surface area contributed by atoms with Crippen LogP contribution in [0.1, 0.15) is 20.8 Å². The second kappa shape index (κ2) is 32.4. The fourth-order valence-corrected chi connectivity index (χ4v) is 11.7. The van der Waals surface area contributed by atoms with Gasteiger partial charge in [-0.15, -0.1) is 0 Å². The number of rotatable bonds is 22. The van der Waals surface area contributed by atoms with Gasteiger partial charge in [0, 0.05) is 13.8 Å². The van der Waals surface area contributed by atoms with Gasteiger partial charge in [0.25, 0.3) is 0 Å². The summed E-state index contributed by atoms with van der Waals surface area (Å²) in [5.74, 6) is -1.72. The van der Waals surface area contributed by atoms with Crippen molar-refractivity contribution in [1.29, 1.82) is 0 Å². The molecule has 8 saturated heterocycles. The predicted molar refractivity (Wildman–Crippen MR) is 280 cm³/mol. The van der Waals surface area contributed by atoms with Crippen molar-refractivity contribution in [1.82, 2.24) is 10.6 Å². The minimum atomic E-state index is -2.32. The van der Waals surface area contributed by atoms with E-state index in [9.17, 15) is 122 Å². The lowest BCUT2D eigenvalue weighted by Gasteiger charge is -2.51. The third kappa shape index (κ3) is 16.3. The number of carbonyl (C=O) groups excluding carboxylic acids is 2. The van der Waals surface area contributed by atoms with Gasteiger partial charge in [0.05, 0.1) is 52.4 Å². The average Bonchev–Trinajstić information content (AvgIpc) is 0.801. The molecule has 41 nitrogen and oxygen atoms in total. The molecule has 41 heteroatoms. The molecule has 24 N–H and O–H groups in total. The van der Waals surface area contributed by atoms with E-state index in [0.29, 0.717) is 0 Å². The van der Waals surface area contributed by atoms with Crippen molar-refractivity contribution in [3.8, 4) is 0 Å². The number of hydrogen-bond acceptors (Lipinski definition) is 39. The summed E-state index contributed by atoms with van der Waals surface area (Å²) in [4.78, 5) is 25.5. The highest BCUT2D eigenvalue weighted by atomic mass is 16.8. The molecule has 0 aromatic carbocycles. The summed E-state index contributed by atoms with van der Waals surface area (Å²) < 4.78 is 87.1. The molecule has 39 atom stereocenters. The van der Waals surface area contributed by atoms with E-state index in [2.05, 4.69) is 10.6 Å². The number of nitrogens with one attached hydrogen (secondary N) is 2. The van der Waals surface area contributed by atoms with Gasteiger partial charge in [-0.2, -0.15) is 0 Å². The van der Waals surface area contributed by atoms with Crippen LogP contribution in [0, 0.1) is 0 Å². The molecule has 0 radical (unpaired) electrons. The summed E-state index contributed by atoms with van der Waals surface area (Å²) in [5.41, 5.74) is 0. The van der Waals surface area contributed by atoms with Crippen molar-refractivity contribution in [2.24, 2.45) is 0 Å². The highest BCUT2D eigenvalue weighted by Crippen LogP contribution is 2.38. The van der Waals surface area contributed by atoms with Crippen molar-refractivity contribution in [3.63, 3.8) is 0 Å². The second-order valence-electron chi connectivity index (χ2n) is 23.5. The van der Waals surface area contributed by atoms with E-state index in [1.807, 2.05) is 0 Å². The smallest absolute Gasteiger partial charge is 0.217 e. The quantitative estimate of drug-likeness (QED) is 0.0479. The topological polar surface area (TPSA) is 642 Å². The van der Waals surface area contributed by atoms with E-state index in [-0.39, 0.29) is 0 Å². The first-order chi connectivity index (χ1) is 43.5. The summed E-state index contributed by atoms with van der Waals surface area (Å²) in [6.07, 6.45) is -72.0. The highest BCUT2D eigenvalue weighted by Gasteiger charge is 2.59. The molecule has 0 aromatic rings. The number of amides is 2. The molecule has 0 bridgehead atoms. The largest absolute Gasteiger partial charge is 0.394 e. The number of ether oxygens (including phenoxy) is 15. The predicted octanol–water partition coefficient (Wildman–Crippen LogP) is -16.5. The molecule has 0 unspecified atom stereocenters. The Labute approximate surface area is 521 Å². The Hall–Kier alpha value is -2.54. The van der Waals surface area contributed by atoms with Crippen molar-refractivity contribution < 1.29 is 193 Å². The number of aliphatic hydroxyl groups is 22. The van der Waals surface area contributed by atoms with Crippen molar-refractivity contribution in [2.45, 2.75) is 260 Å². The first-order valence-corrected chi connectivity index (χ1v) is 29.4. The number of carbonyl (C=O) groups is 2. The van der Waals surface area contributed by atoms with E-state index in [1.165, 1.54) is 6.92 Å². The Morgan fingerprint density at radius 1 is 0.348 bits per heavy atom. The van der Waals surface area contributed by atoms with Crippen LogP contribution < -0.4 is 10.6 Å². The fourth-order valence-electron chi connectivity index (χ4n) is 11.7. The van der Waals surface area contributed by atoms with Gasteiger partial charge in [0.15, 0.2) is 50.3 Å². The number of aliphatic hydroxyl groups excluding tert-OH is 22. The normalized spacial score (nSPS) is 51.2. The molecule has 92 heavy (non-hydrogen) atoms. The summed E-state index contributed by atoms with van der Waals surface area (Å²) in [6.45, 7) is -3.36. The summed E-state index contributed by atoms with van der Waals surface area (Å²) in [5, 5.41) is 243. The summed E-state index contributed by atoms with van der Waals surface area (Å²) >= 11 is 0. The third-order valence-corrected chi connectivity index (χ3v) is 17.0. The van der Waals surface area contributed by atoms with Gasteiger partial charge in [0.2, 0.25) is 11.8 Å². The maximum absolute atomic E-state index is 13.0. The van der Waals surface area contributed by atoms with Crippen LogP contribution in [0.5, 0.6) is 0 Å². The van der Waals surface area contributed by atoms with Crippen LogP contribution in [0.2, 0.25) is 0 Å². The molecule has 8 aliphatic heterocycles. The lowest BCUT2D eigenvalue weighted by molar-refractivity contribution is -0.391. The van der Waals surface area contributed by atoms with Crippen LogP contribution in [0.3, 0.4) is 0 Å². The second-order valence-corrected chi connectivity index (χ2v) is 23.5. The van der Waals surface area contributed by atoms with Crippen LogP contribution in [-0.2, 0) is 80.6 Å². The number of hydrogen-bond donors (Lipinski definition) is 24. The molecule has 8 fully saturated rings. The van der Waals surface area contributed by atoms with Crippen molar-refractivity contribution >= 4 is 11.8 Å². The molecule has 2 amide bonds. The van der Waals surface area contributed by atoms with Crippen LogP contribution in [-0.4, -0.2) is 410 Å². The molecule has 0 spiro atoms. The molecule has 0 saturated carbocycles. The standard InChI is InChI=1S/C51H86N2O39/c1-11-23(61)30(68)36(74)49(81-11)90-41-22(53-13(3)59)44(77)82-18(7-57)40(41)89-45-21(52-12(2)58)29(67)39(17(6-56)85-45)88-51-43(92-47-34(72)24(62)14(60)8-78-47)33(71)27(65)19(87-51)9-80-48-38(76)42(91-50-37(75)32(70)26(64)16(5-55)84-50)28(66)20(86-48)10-79-46-35(73)31(69)25(63)15(4-54)83-46/h11,14-51,54-57,60-77H,4-10H2,1-3H3,(H,52,58)(H,53,59)/t11-,14+,15+,16+,17+,18+,19+,20+,21+,22+,23+,24-,25+,26+,27+,28+,29+,30+,31-,32-,33-,34+,35-,36-,37-,38-,39+,40+,41+,42-,43-,44+,45-,46-,47-,48-,49-,50+,51-/m0/s1. The summed E-state index contributed by atoms with van der Waals surface area (Å²) in [6, 6.07) is -3.58. The molecular weight excluding hydrogens is 1260 g/mol. The zero-order chi connectivity index (χ0) is 67.6. The Morgan fingerprint density at radius 3 is 1.34 bits per heavy atom. The van der Waals surface area contributed by atoms with Gasteiger partial charge < -0.3 is 194 Å². The first kappa shape index (κ1) is 75.2. The average molecular weight is 1350 g/mol. The third-order valence-electron chi connectivity index (χ3n) is 17.0. The van der Waals surface area contributed by atoms with Crippen LogP contribution in [0.15, 0.2) is 0 Å². The summed E-state index contributed by atoms with van der Waals surface area (Å²) in [7, 11) is 0. The van der Waals surface area contributed by atoms with E-state index >= 15 is 0 Å². The van der Waals surface area contributed by atoms with Crippen LogP contribution in [0.4, 0.5) is 0 Å². The first-order valence-electron chi connectivity index (χ1n) is 29.4. The minimum Gasteiger partial charge on any atom is -0.394 e. The molecular formula is C51H86N2O39. The Bertz CT molecular complexity index is 2310. The minimum absolute atomic E-state index is 0.690. The van der Waals surface area contributed by atoms with Gasteiger partial charge >= 0.3 is 0 Å². The van der Waals surface area contributed by atoms with Gasteiger partial charge in [-0.3, -0.25) is 9.59 Å². The van der Waals surface area contributed by atoms with Gasteiger partial charge in [-0.1, -0.05) is 0 Å². The zero-order valence-electron chi connectivity index (χ0n) is 49.2. The molecule has 8 heterocycles. The van der Waals surface area contributed by atoms with Crippen LogP contribution >= 0.6 is 0 Å². The fraction of sp³-hybridized carbons (Fsp3) is 0.961.